The van der Waals surface area contributed by atoms with E-state index in [1.807, 2.05) is 6.07 Å². The lowest BCUT2D eigenvalue weighted by atomic mass is 10.1. The van der Waals surface area contributed by atoms with Crippen LogP contribution in [0.1, 0.15) is 24.0 Å². The number of imidazole rings is 2. The van der Waals surface area contributed by atoms with Crippen LogP contribution >= 0.6 is 11.6 Å². The fourth-order valence-electron chi connectivity index (χ4n) is 4.37. The first-order valence-electron chi connectivity index (χ1n) is 11.9. The fraction of sp³-hybridized carbons (Fsp3) is 0.292. The molecule has 0 unspecified atom stereocenters. The lowest BCUT2D eigenvalue weighted by molar-refractivity contribution is -0.137. The Morgan fingerprint density at radius 3 is 2.52 bits per heavy atom. The highest BCUT2D eigenvalue weighted by Crippen LogP contribution is 2.36. The molecule has 1 aliphatic rings. The maximum atomic E-state index is 13.9. The third-order valence-corrected chi connectivity index (χ3v) is 8.45. The van der Waals surface area contributed by atoms with Crippen molar-refractivity contribution in [1.29, 1.82) is 5.26 Å². The standard InChI is InChI=1S/C24H21ClF3N9O2S/c1-35-12-20(32-13-35)40(38,39)37-7-5-16(6-8-37)33-23-30-10-17(24(26,27)28)21(34-23)19-11-36(14-31-19)22-15(9-29)3-2-4-18(22)25/h2-4,10-14,16H,5-8H2,1H3,(H,30,33,34). The number of sulfonamides is 1. The summed E-state index contributed by atoms with van der Waals surface area (Å²) >= 11 is 6.25. The molecule has 4 aromatic rings. The highest BCUT2D eigenvalue weighted by atomic mass is 35.5. The summed E-state index contributed by atoms with van der Waals surface area (Å²) in [5.74, 6) is -0.0564. The van der Waals surface area contributed by atoms with Crippen molar-refractivity contribution < 1.29 is 21.6 Å². The zero-order valence-electron chi connectivity index (χ0n) is 20.8. The molecule has 1 saturated heterocycles. The summed E-state index contributed by atoms with van der Waals surface area (Å²) in [6, 6.07) is 6.39. The van der Waals surface area contributed by atoms with E-state index >= 15 is 0 Å². The second kappa shape index (κ2) is 10.5. The van der Waals surface area contributed by atoms with Crippen molar-refractivity contribution in [2.45, 2.75) is 30.1 Å². The highest BCUT2D eigenvalue weighted by molar-refractivity contribution is 7.89. The number of aryl methyl sites for hydroxylation is 1. The number of benzene rings is 1. The van der Waals surface area contributed by atoms with Gasteiger partial charge in [-0.3, -0.25) is 0 Å². The number of hydrogen-bond acceptors (Lipinski definition) is 8. The third-order valence-electron chi connectivity index (χ3n) is 6.36. The molecule has 208 valence electrons. The number of nitriles is 1. The van der Waals surface area contributed by atoms with Crippen LogP contribution in [0.5, 0.6) is 0 Å². The van der Waals surface area contributed by atoms with Crippen LogP contribution in [0.4, 0.5) is 19.1 Å². The van der Waals surface area contributed by atoms with Gasteiger partial charge in [-0.15, -0.1) is 0 Å². The Hall–Kier alpha value is -4.00. The molecule has 1 N–H and O–H groups in total. The number of piperidine rings is 1. The average Bonchev–Trinajstić information content (AvgIpc) is 3.58. The van der Waals surface area contributed by atoms with Gasteiger partial charge in [0, 0.05) is 44.8 Å². The molecule has 40 heavy (non-hydrogen) atoms. The van der Waals surface area contributed by atoms with Crippen molar-refractivity contribution >= 4 is 27.6 Å². The van der Waals surface area contributed by atoms with Crippen molar-refractivity contribution in [3.05, 3.63) is 65.6 Å². The quantitative estimate of drug-likeness (QED) is 0.357. The largest absolute Gasteiger partial charge is 0.420 e. The molecule has 11 nitrogen and oxygen atoms in total. The maximum absolute atomic E-state index is 13.9. The van der Waals surface area contributed by atoms with Crippen molar-refractivity contribution in [2.75, 3.05) is 18.4 Å². The van der Waals surface area contributed by atoms with Crippen LogP contribution in [-0.4, -0.2) is 60.9 Å². The van der Waals surface area contributed by atoms with E-state index in [2.05, 4.69) is 25.3 Å². The van der Waals surface area contributed by atoms with Gasteiger partial charge in [0.25, 0.3) is 10.0 Å². The minimum Gasteiger partial charge on any atom is -0.351 e. The highest BCUT2D eigenvalue weighted by Gasteiger charge is 2.37. The number of rotatable bonds is 6. The van der Waals surface area contributed by atoms with E-state index in [0.717, 1.165) is 0 Å². The predicted octanol–water partition coefficient (Wildman–Crippen LogP) is 3.87. The lowest BCUT2D eigenvalue weighted by Gasteiger charge is -2.31. The SMILES string of the molecule is Cn1cnc(S(=O)(=O)N2CCC(Nc3ncc(C(F)(F)F)c(-c4cn(-c5c(Cl)cccc5C#N)cn4)n3)CC2)c1. The van der Waals surface area contributed by atoms with Gasteiger partial charge < -0.3 is 14.5 Å². The smallest absolute Gasteiger partial charge is 0.351 e. The molecule has 0 atom stereocenters. The van der Waals surface area contributed by atoms with Crippen LogP contribution in [0.15, 0.2) is 54.5 Å². The Balaban J connectivity index is 1.38. The van der Waals surface area contributed by atoms with E-state index in [-0.39, 0.29) is 52.1 Å². The van der Waals surface area contributed by atoms with Gasteiger partial charge in [-0.05, 0) is 25.0 Å². The van der Waals surface area contributed by atoms with Gasteiger partial charge in [0.05, 0.1) is 22.6 Å². The minimum atomic E-state index is -4.76. The lowest BCUT2D eigenvalue weighted by Crippen LogP contribution is -2.42. The molecule has 1 fully saturated rings. The summed E-state index contributed by atoms with van der Waals surface area (Å²) in [4.78, 5) is 16.0. The molecule has 3 aromatic heterocycles. The second-order valence-corrected chi connectivity index (χ2v) is 11.4. The molecule has 1 aliphatic heterocycles. The molecular formula is C24H21ClF3N9O2S. The topological polar surface area (TPSA) is 135 Å². The Bertz CT molecular complexity index is 1700. The molecule has 5 rings (SSSR count). The van der Waals surface area contributed by atoms with Gasteiger partial charge in [-0.2, -0.15) is 22.7 Å². The number of alkyl halides is 3. The minimum absolute atomic E-state index is 0.0461. The van der Waals surface area contributed by atoms with Gasteiger partial charge in [0.2, 0.25) is 5.95 Å². The van der Waals surface area contributed by atoms with Gasteiger partial charge in [-0.25, -0.2) is 28.4 Å². The number of nitrogens with zero attached hydrogens (tertiary/aromatic N) is 8. The fourth-order valence-corrected chi connectivity index (χ4v) is 6.07. The molecule has 0 aliphatic carbocycles. The van der Waals surface area contributed by atoms with E-state index in [9.17, 15) is 26.9 Å². The molecule has 0 spiro atoms. The summed E-state index contributed by atoms with van der Waals surface area (Å²) in [5.41, 5.74) is -1.14. The summed E-state index contributed by atoms with van der Waals surface area (Å²) in [6.45, 7) is 0.376. The number of para-hydroxylation sites is 1. The van der Waals surface area contributed by atoms with Crippen molar-refractivity contribution in [2.24, 2.45) is 7.05 Å². The zero-order chi connectivity index (χ0) is 28.7. The van der Waals surface area contributed by atoms with Crippen LogP contribution in [0.2, 0.25) is 5.02 Å². The Kier molecular flexibility index (Phi) is 7.25. The summed E-state index contributed by atoms with van der Waals surface area (Å²) in [7, 11) is -2.08. The van der Waals surface area contributed by atoms with E-state index in [1.54, 1.807) is 23.7 Å². The van der Waals surface area contributed by atoms with E-state index in [4.69, 9.17) is 11.6 Å². The second-order valence-electron chi connectivity index (χ2n) is 9.07. The first-order valence-corrected chi connectivity index (χ1v) is 13.7. The van der Waals surface area contributed by atoms with Gasteiger partial charge in [0.1, 0.15) is 29.3 Å². The predicted molar refractivity (Wildman–Crippen MR) is 138 cm³/mol. The monoisotopic (exact) mass is 591 g/mol. The van der Waals surface area contributed by atoms with Crippen molar-refractivity contribution in [3.8, 4) is 23.1 Å². The molecule has 4 heterocycles. The molecule has 0 radical (unpaired) electrons. The third kappa shape index (κ3) is 5.37. The summed E-state index contributed by atoms with van der Waals surface area (Å²) < 4.78 is 71.5. The first-order chi connectivity index (χ1) is 19.0. The molecule has 16 heteroatoms. The Morgan fingerprint density at radius 1 is 1.12 bits per heavy atom. The molecule has 0 amide bonds. The number of anilines is 1. The first kappa shape index (κ1) is 27.6. The van der Waals surface area contributed by atoms with Crippen LogP contribution in [0.3, 0.4) is 0 Å². The van der Waals surface area contributed by atoms with Gasteiger partial charge in [-0.1, -0.05) is 17.7 Å². The zero-order valence-corrected chi connectivity index (χ0v) is 22.4. The maximum Gasteiger partial charge on any atom is 0.420 e. The van der Waals surface area contributed by atoms with E-state index in [0.29, 0.717) is 19.0 Å². The molecule has 0 bridgehead atoms. The average molecular weight is 592 g/mol. The Labute approximate surface area is 231 Å². The normalized spacial score (nSPS) is 15.2. The molecule has 0 saturated carbocycles. The molecule has 1 aromatic carbocycles. The number of nitrogens with one attached hydrogen (secondary N) is 1. The molecular weight excluding hydrogens is 571 g/mol. The Morgan fingerprint density at radius 2 is 1.88 bits per heavy atom. The van der Waals surface area contributed by atoms with E-state index in [1.165, 1.54) is 40.0 Å². The van der Waals surface area contributed by atoms with E-state index < -0.39 is 27.5 Å². The van der Waals surface area contributed by atoms with Crippen LogP contribution in [0.25, 0.3) is 17.1 Å². The summed E-state index contributed by atoms with van der Waals surface area (Å²) in [5, 5.41) is 12.6. The van der Waals surface area contributed by atoms with Gasteiger partial charge in [0.15, 0.2) is 5.03 Å². The number of aromatic nitrogens is 6. The number of hydrogen-bond donors (Lipinski definition) is 1. The van der Waals surface area contributed by atoms with Gasteiger partial charge >= 0.3 is 6.18 Å². The number of halogens is 4. The summed E-state index contributed by atoms with van der Waals surface area (Å²) in [6.07, 6.45) is 2.07. The van der Waals surface area contributed by atoms with Crippen molar-refractivity contribution in [1.82, 2.24) is 33.4 Å². The van der Waals surface area contributed by atoms with Crippen LogP contribution < -0.4 is 5.32 Å². The van der Waals surface area contributed by atoms with Crippen LogP contribution in [0, 0.1) is 11.3 Å². The van der Waals surface area contributed by atoms with Crippen molar-refractivity contribution in [3.63, 3.8) is 0 Å². The van der Waals surface area contributed by atoms with Crippen LogP contribution in [-0.2, 0) is 23.2 Å².